The highest BCUT2D eigenvalue weighted by Gasteiger charge is 2.08. The van der Waals surface area contributed by atoms with Gasteiger partial charge in [0.05, 0.1) is 17.1 Å². The van der Waals surface area contributed by atoms with E-state index in [1.165, 1.54) is 0 Å². The molecule has 0 saturated carbocycles. The van der Waals surface area contributed by atoms with Gasteiger partial charge in [0.15, 0.2) is 5.78 Å². The van der Waals surface area contributed by atoms with Gasteiger partial charge in [-0.15, -0.1) is 11.3 Å². The predicted molar refractivity (Wildman–Crippen MR) is 59.2 cm³/mol. The molecule has 0 bridgehead atoms. The first-order valence-corrected chi connectivity index (χ1v) is 6.04. The largest absolute Gasteiger partial charge is 0.294 e. The molecule has 0 unspecified atom stereocenters. The molecule has 0 N–H and O–H groups in total. The smallest absolute Gasteiger partial charge is 0.169 e. The maximum atomic E-state index is 11.7. The Morgan fingerprint density at radius 3 is 2.93 bits per heavy atom. The molecular weight excluding hydrogens is 214 g/mol. The van der Waals surface area contributed by atoms with E-state index < -0.39 is 0 Å². The van der Waals surface area contributed by atoms with Crippen LogP contribution in [0.1, 0.15) is 21.1 Å². The molecule has 0 aliphatic carbocycles. The number of Topliss-reactive ketones (excluding diaryl/α,β-unsaturated/α-hetero) is 1. The fourth-order valence-electron chi connectivity index (χ4n) is 1.18. The Morgan fingerprint density at radius 2 is 2.36 bits per heavy atom. The molecular formula is C10H9NOS2. The van der Waals surface area contributed by atoms with Gasteiger partial charge in [0.25, 0.3) is 0 Å². The van der Waals surface area contributed by atoms with Gasteiger partial charge in [-0.05, 0) is 18.4 Å². The Kier molecular flexibility index (Phi) is 2.74. The van der Waals surface area contributed by atoms with Crippen molar-refractivity contribution >= 4 is 28.5 Å². The molecule has 2 aromatic heterocycles. The van der Waals surface area contributed by atoms with Crippen LogP contribution in [0.5, 0.6) is 0 Å². The maximum absolute atomic E-state index is 11.7. The predicted octanol–water partition coefficient (Wildman–Crippen LogP) is 2.94. The van der Waals surface area contributed by atoms with Crippen LogP contribution < -0.4 is 0 Å². The summed E-state index contributed by atoms with van der Waals surface area (Å²) in [7, 11) is 0. The van der Waals surface area contributed by atoms with Crippen LogP contribution in [-0.2, 0) is 6.42 Å². The second kappa shape index (κ2) is 4.02. The first-order valence-electron chi connectivity index (χ1n) is 4.22. The van der Waals surface area contributed by atoms with Crippen molar-refractivity contribution in [3.05, 3.63) is 38.5 Å². The van der Waals surface area contributed by atoms with Gasteiger partial charge < -0.3 is 0 Å². The van der Waals surface area contributed by atoms with E-state index >= 15 is 0 Å². The molecule has 0 radical (unpaired) electrons. The minimum absolute atomic E-state index is 0.150. The standard InChI is InChI=1S/C10H9NOS2/c1-7-11-9(6-14-7)4-10(12)8-2-3-13-5-8/h2-3,5-6H,4H2,1H3. The van der Waals surface area contributed by atoms with Gasteiger partial charge in [-0.1, -0.05) is 0 Å². The zero-order valence-electron chi connectivity index (χ0n) is 7.69. The Balaban J connectivity index is 2.09. The molecule has 2 rings (SSSR count). The van der Waals surface area contributed by atoms with E-state index in [2.05, 4.69) is 4.98 Å². The van der Waals surface area contributed by atoms with Gasteiger partial charge >= 0.3 is 0 Å². The second-order valence-electron chi connectivity index (χ2n) is 2.97. The molecule has 72 valence electrons. The average Bonchev–Trinajstić information content (AvgIpc) is 2.75. The summed E-state index contributed by atoms with van der Waals surface area (Å²) in [5.74, 6) is 0.150. The highest BCUT2D eigenvalue weighted by molar-refractivity contribution is 7.09. The van der Waals surface area contributed by atoms with E-state index in [9.17, 15) is 4.79 Å². The van der Waals surface area contributed by atoms with Crippen LogP contribution in [0.2, 0.25) is 0 Å². The summed E-state index contributed by atoms with van der Waals surface area (Å²) in [5, 5.41) is 6.75. The molecule has 0 spiro atoms. The van der Waals surface area contributed by atoms with Gasteiger partial charge in [-0.25, -0.2) is 4.98 Å². The van der Waals surface area contributed by atoms with E-state index in [-0.39, 0.29) is 5.78 Å². The zero-order valence-corrected chi connectivity index (χ0v) is 9.32. The van der Waals surface area contributed by atoms with E-state index in [4.69, 9.17) is 0 Å². The van der Waals surface area contributed by atoms with Crippen LogP contribution in [0, 0.1) is 6.92 Å². The van der Waals surface area contributed by atoms with Crippen molar-refractivity contribution in [3.8, 4) is 0 Å². The number of rotatable bonds is 3. The number of ketones is 1. The van der Waals surface area contributed by atoms with Crippen molar-refractivity contribution in [1.82, 2.24) is 4.98 Å². The molecule has 4 heteroatoms. The normalized spacial score (nSPS) is 10.4. The lowest BCUT2D eigenvalue weighted by Gasteiger charge is -1.93. The summed E-state index contributed by atoms with van der Waals surface area (Å²) in [4.78, 5) is 15.9. The molecule has 0 fully saturated rings. The first kappa shape index (κ1) is 9.55. The Hall–Kier alpha value is -1.00. The molecule has 0 amide bonds. The topological polar surface area (TPSA) is 30.0 Å². The summed E-state index contributed by atoms with van der Waals surface area (Å²) in [5.41, 5.74) is 1.67. The molecule has 0 aromatic carbocycles. The van der Waals surface area contributed by atoms with Crippen LogP contribution in [0.15, 0.2) is 22.2 Å². The van der Waals surface area contributed by atoms with Crippen LogP contribution in [0.3, 0.4) is 0 Å². The second-order valence-corrected chi connectivity index (χ2v) is 4.81. The van der Waals surface area contributed by atoms with Crippen molar-refractivity contribution in [2.24, 2.45) is 0 Å². The lowest BCUT2D eigenvalue weighted by Crippen LogP contribution is -2.02. The summed E-state index contributed by atoms with van der Waals surface area (Å²) in [6, 6.07) is 1.85. The molecule has 2 aromatic rings. The van der Waals surface area contributed by atoms with Gasteiger partial charge in [-0.2, -0.15) is 11.3 Å². The monoisotopic (exact) mass is 223 g/mol. The van der Waals surface area contributed by atoms with Gasteiger partial charge in [0.2, 0.25) is 0 Å². The summed E-state index contributed by atoms with van der Waals surface area (Å²) >= 11 is 3.13. The highest BCUT2D eigenvalue weighted by Crippen LogP contribution is 2.13. The van der Waals surface area contributed by atoms with Gasteiger partial charge in [0.1, 0.15) is 0 Å². The van der Waals surface area contributed by atoms with Crippen LogP contribution in [-0.4, -0.2) is 10.8 Å². The number of aryl methyl sites for hydroxylation is 1. The first-order chi connectivity index (χ1) is 6.75. The number of nitrogens with zero attached hydrogens (tertiary/aromatic N) is 1. The number of aromatic nitrogens is 1. The summed E-state index contributed by atoms with van der Waals surface area (Å²) in [6.45, 7) is 1.95. The fourth-order valence-corrected chi connectivity index (χ4v) is 2.45. The number of hydrogen-bond donors (Lipinski definition) is 0. The van der Waals surface area contributed by atoms with Crippen molar-refractivity contribution in [2.75, 3.05) is 0 Å². The molecule has 0 aliphatic heterocycles. The van der Waals surface area contributed by atoms with E-state index in [0.29, 0.717) is 6.42 Å². The van der Waals surface area contributed by atoms with Crippen LogP contribution in [0.4, 0.5) is 0 Å². The lowest BCUT2D eigenvalue weighted by molar-refractivity contribution is 0.0992. The van der Waals surface area contributed by atoms with Crippen molar-refractivity contribution in [2.45, 2.75) is 13.3 Å². The third-order valence-corrected chi connectivity index (χ3v) is 3.36. The lowest BCUT2D eigenvalue weighted by atomic mass is 10.1. The van der Waals surface area contributed by atoms with Crippen molar-refractivity contribution in [1.29, 1.82) is 0 Å². The summed E-state index contributed by atoms with van der Waals surface area (Å²) in [6.07, 6.45) is 0.418. The van der Waals surface area contributed by atoms with Crippen molar-refractivity contribution < 1.29 is 4.79 Å². The average molecular weight is 223 g/mol. The molecule has 0 saturated heterocycles. The number of carbonyl (C=O) groups excluding carboxylic acids is 1. The van der Waals surface area contributed by atoms with E-state index in [0.717, 1.165) is 16.3 Å². The molecule has 2 heterocycles. The number of thiazole rings is 1. The molecule has 0 aliphatic rings. The third kappa shape index (κ3) is 2.08. The zero-order chi connectivity index (χ0) is 9.97. The maximum Gasteiger partial charge on any atom is 0.169 e. The quantitative estimate of drug-likeness (QED) is 0.749. The van der Waals surface area contributed by atoms with E-state index in [1.54, 1.807) is 22.7 Å². The Bertz CT molecular complexity index is 431. The van der Waals surface area contributed by atoms with Crippen LogP contribution in [0.25, 0.3) is 0 Å². The van der Waals surface area contributed by atoms with Crippen molar-refractivity contribution in [3.63, 3.8) is 0 Å². The van der Waals surface area contributed by atoms with Gasteiger partial charge in [-0.3, -0.25) is 4.79 Å². The Labute approximate surface area is 90.2 Å². The number of hydrogen-bond acceptors (Lipinski definition) is 4. The third-order valence-electron chi connectivity index (χ3n) is 1.85. The molecule has 14 heavy (non-hydrogen) atoms. The Morgan fingerprint density at radius 1 is 1.50 bits per heavy atom. The number of thiophene rings is 1. The fraction of sp³-hybridized carbons (Fsp3) is 0.200. The van der Waals surface area contributed by atoms with Gasteiger partial charge in [0, 0.05) is 16.3 Å². The highest BCUT2D eigenvalue weighted by atomic mass is 32.1. The van der Waals surface area contributed by atoms with Crippen LogP contribution >= 0.6 is 22.7 Å². The summed E-state index contributed by atoms with van der Waals surface area (Å²) < 4.78 is 0. The van der Waals surface area contributed by atoms with E-state index in [1.807, 2.05) is 29.1 Å². The minimum atomic E-state index is 0.150. The minimum Gasteiger partial charge on any atom is -0.294 e. The molecule has 0 atom stereocenters. The SMILES string of the molecule is Cc1nc(CC(=O)c2ccsc2)cs1. The number of carbonyl (C=O) groups is 1. The molecule has 2 nitrogen and oxygen atoms in total.